The third-order valence-corrected chi connectivity index (χ3v) is 20.2. The third-order valence-electron chi connectivity index (χ3n) is 20.2. The molecule has 0 bridgehead atoms. The summed E-state index contributed by atoms with van der Waals surface area (Å²) in [7, 11) is 0. The number of aromatic hydroxyl groups is 2. The molecule has 15 rings (SSSR count). The van der Waals surface area contributed by atoms with Crippen LogP contribution in [0.1, 0.15) is 148 Å². The Bertz CT molecular complexity index is 4350. The molecule has 0 fully saturated rings. The number of rotatable bonds is 16. The van der Waals surface area contributed by atoms with Crippen LogP contribution in [0.4, 0.5) is 22.7 Å². The van der Waals surface area contributed by atoms with E-state index in [2.05, 4.69) is 75.0 Å². The zero-order valence-corrected chi connectivity index (χ0v) is 54.3. The fourth-order valence-corrected chi connectivity index (χ4v) is 15.6. The number of hydrogen-bond acceptors (Lipinski definition) is 15. The van der Waals surface area contributed by atoms with Gasteiger partial charge in [-0.3, -0.25) is 9.59 Å². The van der Waals surface area contributed by atoms with Gasteiger partial charge in [-0.15, -0.1) is 0 Å². The minimum atomic E-state index is -1.77. The van der Waals surface area contributed by atoms with E-state index >= 15 is 9.59 Å². The van der Waals surface area contributed by atoms with Gasteiger partial charge in [-0.2, -0.15) is 10.2 Å². The van der Waals surface area contributed by atoms with Gasteiger partial charge >= 0.3 is 5.97 Å². The van der Waals surface area contributed by atoms with Crippen LogP contribution in [0.3, 0.4) is 0 Å². The molecule has 0 radical (unpaired) electrons. The van der Waals surface area contributed by atoms with Crippen molar-refractivity contribution in [2.24, 2.45) is 10.2 Å². The van der Waals surface area contributed by atoms with Gasteiger partial charge in [0.25, 0.3) is 11.8 Å². The molecule has 0 aliphatic carbocycles. The van der Waals surface area contributed by atoms with Crippen LogP contribution < -0.4 is 33.8 Å². The molecular formula is C78H72N8O9. The van der Waals surface area contributed by atoms with Crippen molar-refractivity contribution in [1.82, 2.24) is 10.0 Å². The van der Waals surface area contributed by atoms with Gasteiger partial charge in [0.2, 0.25) is 0 Å². The molecule has 0 atom stereocenters. The molecule has 2 amide bonds. The maximum absolute atomic E-state index is 15.6. The topological polar surface area (TPSA) is 173 Å². The largest absolute Gasteiger partial charge is 0.507 e. The molecule has 95 heavy (non-hydrogen) atoms. The van der Waals surface area contributed by atoms with Crippen molar-refractivity contribution in [3.8, 4) is 46.0 Å². The highest BCUT2D eigenvalue weighted by Gasteiger charge is 2.60. The van der Waals surface area contributed by atoms with Crippen LogP contribution in [0.2, 0.25) is 0 Å². The highest BCUT2D eigenvalue weighted by Crippen LogP contribution is 2.63. The number of hydrogen-bond donors (Lipinski definition) is 2. The summed E-state index contributed by atoms with van der Waals surface area (Å²) in [4.78, 5) is 54.7. The summed E-state index contributed by atoms with van der Waals surface area (Å²) in [6.45, 7) is 22.9. The first-order chi connectivity index (χ1) is 46.3. The lowest BCUT2D eigenvalue weighted by atomic mass is 9.75. The van der Waals surface area contributed by atoms with Crippen LogP contribution in [0.15, 0.2) is 180 Å². The van der Waals surface area contributed by atoms with E-state index in [1.165, 1.54) is 34.6 Å². The number of benzene rings is 9. The van der Waals surface area contributed by atoms with Gasteiger partial charge in [-0.25, -0.2) is 14.8 Å². The lowest BCUT2D eigenvalue weighted by molar-refractivity contribution is 0.0223. The number of phenolic OH excluding ortho intramolecular Hbond substituents is 2. The van der Waals surface area contributed by atoms with Gasteiger partial charge in [0.1, 0.15) is 57.1 Å². The Kier molecular flexibility index (Phi) is 14.5. The minimum absolute atomic E-state index is 0.00569. The molecule has 0 unspecified atom stereocenters. The minimum Gasteiger partial charge on any atom is -0.507 e. The van der Waals surface area contributed by atoms with Gasteiger partial charge in [0.15, 0.2) is 5.60 Å². The van der Waals surface area contributed by atoms with Crippen LogP contribution in [-0.4, -0.2) is 103 Å². The number of carbonyl (C=O) groups is 3. The normalized spacial score (nSPS) is 15.7. The molecule has 0 saturated carbocycles. The predicted molar refractivity (Wildman–Crippen MR) is 368 cm³/mol. The highest BCUT2D eigenvalue weighted by molar-refractivity contribution is 6.05. The molecule has 478 valence electrons. The monoisotopic (exact) mass is 1260 g/mol. The van der Waals surface area contributed by atoms with E-state index in [0.29, 0.717) is 84.2 Å². The van der Waals surface area contributed by atoms with Gasteiger partial charge in [0, 0.05) is 161 Å². The molecule has 6 aliphatic heterocycles. The Morgan fingerprint density at radius 1 is 0.379 bits per heavy atom. The van der Waals surface area contributed by atoms with E-state index < -0.39 is 34.5 Å². The zero-order valence-electron chi connectivity index (χ0n) is 54.3. The number of hydrazone groups is 2. The Balaban J connectivity index is 0.927. The molecule has 9 aromatic rings. The maximum atomic E-state index is 15.6. The lowest BCUT2D eigenvalue weighted by Crippen LogP contribution is -2.44. The molecule has 0 aromatic heterocycles. The van der Waals surface area contributed by atoms with Crippen molar-refractivity contribution in [1.29, 1.82) is 0 Å². The van der Waals surface area contributed by atoms with Gasteiger partial charge in [0.05, 0.1) is 29.1 Å². The number of phenols is 2. The molecule has 2 N–H and O–H groups in total. The summed E-state index contributed by atoms with van der Waals surface area (Å²) in [6, 6.07) is 52.7. The average molecular weight is 1270 g/mol. The summed E-state index contributed by atoms with van der Waals surface area (Å²) < 4.78 is 27.9. The predicted octanol–water partition coefficient (Wildman–Crippen LogP) is 14.8. The molecule has 0 saturated heterocycles. The molecule has 6 heterocycles. The summed E-state index contributed by atoms with van der Waals surface area (Å²) in [5.41, 5.74) is 5.53. The number of anilines is 4. The summed E-state index contributed by atoms with van der Waals surface area (Å²) >= 11 is 0. The van der Waals surface area contributed by atoms with Crippen molar-refractivity contribution in [2.45, 2.75) is 72.1 Å². The summed E-state index contributed by atoms with van der Waals surface area (Å²) in [6.07, 6.45) is 2.81. The quantitative estimate of drug-likeness (QED) is 0.0692. The smallest absolute Gasteiger partial charge is 0.340 e. The first-order valence-electron chi connectivity index (χ1n) is 32.9. The standard InChI is InChI=1S/C78H72N8O9/c1-9-81(10-2)47-29-33-59-67(41-47)92-68-42-48(82(11-3)12-4)30-34-60(68)76(59)56-26-20-17-23-51(56)73(89)85(76)79-45-54-65(87)39-37-63-71(54)94-72-55(66(88)40-38-64(72)78(63)58-28-22-19-25-53(58)75(91)95-78)46-80-86-74(90)52-24-18-21-27-57(52)77(86)61-35-31-49(83(13-5)14-6)43-69(61)93-70-44-50(32-36-62(70)77)84(15-7)16-8/h17-46,87-88H,9-16H2,1-8H3/b79-45+,80-46+. The second-order valence-corrected chi connectivity index (χ2v) is 24.3. The second-order valence-electron chi connectivity index (χ2n) is 24.3. The number of esters is 1. The SMILES string of the molecule is CCN(CC)c1ccc2c(c1)Oc1cc(N(CC)CC)ccc1C21c2ccccc2C(=O)N1/N=C/c1c(O)ccc2c1Oc1c(ccc(O)c1/C=N/N1C(=O)c3ccccc3C13c1ccc(N(CC)CC)cc1Oc1cc(N(CC)CC)ccc13)C21OC(=O)c2ccccc21. The van der Waals surface area contributed by atoms with E-state index in [4.69, 9.17) is 29.2 Å². The Labute approximate surface area is 551 Å². The van der Waals surface area contributed by atoms with E-state index in [-0.39, 0.29) is 39.7 Å². The average Bonchev–Trinajstić information content (AvgIpc) is 1.61. The van der Waals surface area contributed by atoms with Crippen molar-refractivity contribution in [3.63, 3.8) is 0 Å². The van der Waals surface area contributed by atoms with E-state index in [1.807, 2.05) is 121 Å². The van der Waals surface area contributed by atoms with Gasteiger partial charge in [-0.1, -0.05) is 78.9 Å². The van der Waals surface area contributed by atoms with E-state index in [1.54, 1.807) is 36.4 Å². The summed E-state index contributed by atoms with van der Waals surface area (Å²) in [5, 5.41) is 38.3. The highest BCUT2D eigenvalue weighted by atomic mass is 16.6. The maximum Gasteiger partial charge on any atom is 0.340 e. The number of carbonyl (C=O) groups excluding carboxylic acids is 3. The molecule has 17 nitrogen and oxygen atoms in total. The van der Waals surface area contributed by atoms with Crippen LogP contribution >= 0.6 is 0 Å². The van der Waals surface area contributed by atoms with Crippen molar-refractivity contribution < 1.29 is 43.5 Å². The Hall–Kier alpha value is -11.1. The Morgan fingerprint density at radius 2 is 0.695 bits per heavy atom. The lowest BCUT2D eigenvalue weighted by Gasteiger charge is -2.42. The van der Waals surface area contributed by atoms with Crippen molar-refractivity contribution >= 4 is 53.0 Å². The van der Waals surface area contributed by atoms with Crippen molar-refractivity contribution in [3.05, 3.63) is 248 Å². The second kappa shape index (κ2) is 22.9. The molecule has 17 heteroatoms. The molecular weight excluding hydrogens is 1190 g/mol. The fraction of sp³-hybridized carbons (Fsp3) is 0.244. The van der Waals surface area contributed by atoms with Crippen LogP contribution in [-0.2, 0) is 21.4 Å². The molecule has 6 aliphatic rings. The van der Waals surface area contributed by atoms with Crippen LogP contribution in [0, 0.1) is 0 Å². The fourth-order valence-electron chi connectivity index (χ4n) is 15.6. The van der Waals surface area contributed by atoms with Crippen LogP contribution in [0.5, 0.6) is 46.0 Å². The van der Waals surface area contributed by atoms with Crippen molar-refractivity contribution in [2.75, 3.05) is 72.0 Å². The first kappa shape index (κ1) is 60.2. The molecule has 3 spiro atoms. The third kappa shape index (κ3) is 8.49. The number of fused-ring (bicyclic) bond motifs is 18. The zero-order chi connectivity index (χ0) is 65.8. The van der Waals surface area contributed by atoms with Gasteiger partial charge in [-0.05, 0) is 122 Å². The Morgan fingerprint density at radius 3 is 1.04 bits per heavy atom. The van der Waals surface area contributed by atoms with Gasteiger partial charge < -0.3 is 48.8 Å². The molecule has 9 aromatic carbocycles. The summed E-state index contributed by atoms with van der Waals surface area (Å²) in [5.74, 6) is 0.181. The van der Waals surface area contributed by atoms with E-state index in [9.17, 15) is 15.0 Å². The van der Waals surface area contributed by atoms with E-state index in [0.717, 1.165) is 75.1 Å². The number of nitrogens with zero attached hydrogens (tertiary/aromatic N) is 8. The number of ether oxygens (including phenoxy) is 4. The van der Waals surface area contributed by atoms with Crippen LogP contribution in [0.25, 0.3) is 0 Å². The number of amides is 2. The first-order valence-corrected chi connectivity index (χ1v) is 32.9.